The third-order valence-electron chi connectivity index (χ3n) is 4.12. The summed E-state index contributed by atoms with van der Waals surface area (Å²) in [7, 11) is 0. The van der Waals surface area contributed by atoms with Gasteiger partial charge in [-0.2, -0.15) is 0 Å². The lowest BCUT2D eigenvalue weighted by atomic mass is 9.97. The lowest BCUT2D eigenvalue weighted by Crippen LogP contribution is -2.30. The van der Waals surface area contributed by atoms with Gasteiger partial charge in [0.1, 0.15) is 5.82 Å². The first-order chi connectivity index (χ1) is 11.7. The van der Waals surface area contributed by atoms with E-state index < -0.39 is 0 Å². The number of aryl methyl sites for hydroxylation is 1. The van der Waals surface area contributed by atoms with Gasteiger partial charge in [0, 0.05) is 49.7 Å². The molecule has 0 bridgehead atoms. The van der Waals surface area contributed by atoms with Crippen LogP contribution in [-0.2, 0) is 17.8 Å². The van der Waals surface area contributed by atoms with Crippen LogP contribution in [0.15, 0.2) is 43.0 Å². The first-order valence-corrected chi connectivity index (χ1v) is 8.06. The zero-order valence-corrected chi connectivity index (χ0v) is 13.5. The van der Waals surface area contributed by atoms with Crippen molar-refractivity contribution in [2.24, 2.45) is 5.92 Å². The quantitative estimate of drug-likeness (QED) is 0.792. The topological polar surface area (TPSA) is 77.6 Å². The third-order valence-corrected chi connectivity index (χ3v) is 4.41. The number of carbonyl (C=O) groups excluding carboxylic acids is 1. The summed E-state index contributed by atoms with van der Waals surface area (Å²) < 4.78 is 3.63. The van der Waals surface area contributed by atoms with Crippen LogP contribution in [0.25, 0.3) is 5.82 Å². The molecule has 0 aliphatic carbocycles. The average Bonchev–Trinajstić information content (AvgIpc) is 3.23. The molecule has 7 nitrogen and oxygen atoms in total. The molecule has 1 aliphatic heterocycles. The molecule has 1 N–H and O–H groups in total. The zero-order chi connectivity index (χ0) is 16.5. The van der Waals surface area contributed by atoms with Crippen LogP contribution >= 0.6 is 11.6 Å². The predicted molar refractivity (Wildman–Crippen MR) is 89.0 cm³/mol. The number of rotatable bonds is 3. The number of anilines is 1. The smallest absolute Gasteiger partial charge is 0.229 e. The molecule has 1 amide bonds. The van der Waals surface area contributed by atoms with Gasteiger partial charge in [-0.05, 0) is 18.6 Å². The Bertz CT molecular complexity index is 886. The number of hydrogen-bond acceptors (Lipinski definition) is 4. The van der Waals surface area contributed by atoms with E-state index in [0.29, 0.717) is 23.1 Å². The fourth-order valence-electron chi connectivity index (χ4n) is 2.86. The van der Waals surface area contributed by atoms with Gasteiger partial charge >= 0.3 is 0 Å². The Balaban J connectivity index is 1.47. The Labute approximate surface area is 143 Å². The maximum absolute atomic E-state index is 12.5. The highest BCUT2D eigenvalue weighted by Gasteiger charge is 2.25. The summed E-state index contributed by atoms with van der Waals surface area (Å²) >= 11 is 6.11. The van der Waals surface area contributed by atoms with Gasteiger partial charge in [-0.1, -0.05) is 11.6 Å². The largest absolute Gasteiger partial charge is 0.335 e. The second-order valence-corrected chi connectivity index (χ2v) is 6.08. The van der Waals surface area contributed by atoms with E-state index in [0.717, 1.165) is 18.8 Å². The molecule has 4 rings (SSSR count). The maximum Gasteiger partial charge on any atom is 0.229 e. The molecule has 3 aromatic rings. The van der Waals surface area contributed by atoms with Crippen LogP contribution < -0.4 is 5.32 Å². The van der Waals surface area contributed by atoms with Crippen molar-refractivity contribution in [3.8, 4) is 5.82 Å². The van der Waals surface area contributed by atoms with E-state index in [4.69, 9.17) is 11.6 Å². The summed E-state index contributed by atoms with van der Waals surface area (Å²) in [5, 5.41) is 7.69. The summed E-state index contributed by atoms with van der Waals surface area (Å²) in [5.41, 5.74) is 0. The molecule has 8 heteroatoms. The number of nitrogens with one attached hydrogen (secondary N) is 1. The minimum Gasteiger partial charge on any atom is -0.335 e. The molecule has 1 atom stereocenters. The van der Waals surface area contributed by atoms with Crippen molar-refractivity contribution >= 4 is 23.3 Å². The van der Waals surface area contributed by atoms with E-state index in [1.807, 2.05) is 6.20 Å². The first-order valence-electron chi connectivity index (χ1n) is 7.68. The lowest BCUT2D eigenvalue weighted by molar-refractivity contribution is -0.120. The second-order valence-electron chi connectivity index (χ2n) is 5.67. The van der Waals surface area contributed by atoms with E-state index in [1.54, 1.807) is 41.5 Å². The van der Waals surface area contributed by atoms with E-state index in [9.17, 15) is 4.79 Å². The fourth-order valence-corrected chi connectivity index (χ4v) is 3.07. The number of nitrogens with zero attached hydrogens (tertiary/aromatic N) is 5. The van der Waals surface area contributed by atoms with Crippen LogP contribution in [0.4, 0.5) is 5.82 Å². The SMILES string of the molecule is O=C(Nc1ccn(-c2ncccc2Cl)n1)C1CCn2ccnc2C1. The molecule has 1 aliphatic rings. The van der Waals surface area contributed by atoms with Gasteiger partial charge in [-0.25, -0.2) is 14.6 Å². The van der Waals surface area contributed by atoms with Crippen LogP contribution in [0.5, 0.6) is 0 Å². The minimum atomic E-state index is -0.0940. The third kappa shape index (κ3) is 2.78. The standard InChI is InChI=1S/C16H15ClN6O/c17-12-2-1-5-19-15(12)23-8-4-13(21-23)20-16(24)11-3-7-22-9-6-18-14(22)10-11/h1-2,4-6,8-9,11H,3,7,10H2,(H,20,21,24). The summed E-state index contributed by atoms with van der Waals surface area (Å²) in [4.78, 5) is 21.0. The molecule has 4 heterocycles. The summed E-state index contributed by atoms with van der Waals surface area (Å²) in [5.74, 6) is 1.83. The van der Waals surface area contributed by atoms with Gasteiger partial charge in [0.15, 0.2) is 11.6 Å². The number of imidazole rings is 1. The van der Waals surface area contributed by atoms with E-state index >= 15 is 0 Å². The van der Waals surface area contributed by atoms with Gasteiger partial charge in [-0.3, -0.25) is 4.79 Å². The van der Waals surface area contributed by atoms with Crippen molar-refractivity contribution in [3.05, 3.63) is 53.8 Å². The normalized spacial score (nSPS) is 16.6. The maximum atomic E-state index is 12.5. The van der Waals surface area contributed by atoms with Crippen molar-refractivity contribution in [2.75, 3.05) is 5.32 Å². The van der Waals surface area contributed by atoms with Gasteiger partial charge in [0.05, 0.1) is 5.02 Å². The van der Waals surface area contributed by atoms with E-state index in [2.05, 4.69) is 25.0 Å². The number of carbonyl (C=O) groups is 1. The number of hydrogen-bond donors (Lipinski definition) is 1. The summed E-state index contributed by atoms with van der Waals surface area (Å²) in [6.07, 6.45) is 8.52. The minimum absolute atomic E-state index is 0.0402. The Morgan fingerprint density at radius 2 is 2.17 bits per heavy atom. The van der Waals surface area contributed by atoms with Crippen molar-refractivity contribution in [3.63, 3.8) is 0 Å². The molecule has 0 fully saturated rings. The molecule has 3 aromatic heterocycles. The van der Waals surface area contributed by atoms with Crippen LogP contribution in [0.1, 0.15) is 12.2 Å². The molecule has 122 valence electrons. The van der Waals surface area contributed by atoms with Gasteiger partial charge in [0.25, 0.3) is 0 Å². The second kappa shape index (κ2) is 6.09. The molecule has 24 heavy (non-hydrogen) atoms. The van der Waals surface area contributed by atoms with Crippen molar-refractivity contribution in [1.29, 1.82) is 0 Å². The molecule has 0 saturated carbocycles. The molecule has 0 radical (unpaired) electrons. The van der Waals surface area contributed by atoms with Crippen molar-refractivity contribution in [2.45, 2.75) is 19.4 Å². The Morgan fingerprint density at radius 3 is 3.04 bits per heavy atom. The predicted octanol–water partition coefficient (Wildman–Crippen LogP) is 2.32. The van der Waals surface area contributed by atoms with E-state index in [1.165, 1.54) is 0 Å². The fraction of sp³-hybridized carbons (Fsp3) is 0.250. The number of aromatic nitrogens is 5. The van der Waals surface area contributed by atoms with Gasteiger partial charge in [-0.15, -0.1) is 5.10 Å². The van der Waals surface area contributed by atoms with Crippen LogP contribution in [-0.4, -0.2) is 30.2 Å². The van der Waals surface area contributed by atoms with Gasteiger partial charge in [0.2, 0.25) is 5.91 Å². The van der Waals surface area contributed by atoms with Crippen LogP contribution in [0.2, 0.25) is 5.02 Å². The number of pyridine rings is 1. The molecular weight excluding hydrogens is 328 g/mol. The van der Waals surface area contributed by atoms with Crippen LogP contribution in [0, 0.1) is 5.92 Å². The Kier molecular flexibility index (Phi) is 3.78. The lowest BCUT2D eigenvalue weighted by Gasteiger charge is -2.22. The molecular formula is C16H15ClN6O. The molecule has 0 spiro atoms. The highest BCUT2D eigenvalue weighted by Crippen LogP contribution is 2.21. The molecule has 0 saturated heterocycles. The number of halogens is 1. The van der Waals surface area contributed by atoms with Crippen LogP contribution in [0.3, 0.4) is 0 Å². The number of fused-ring (bicyclic) bond motifs is 1. The Morgan fingerprint density at radius 1 is 1.25 bits per heavy atom. The zero-order valence-electron chi connectivity index (χ0n) is 12.8. The van der Waals surface area contributed by atoms with E-state index in [-0.39, 0.29) is 11.8 Å². The summed E-state index contributed by atoms with van der Waals surface area (Å²) in [6.45, 7) is 0.811. The van der Waals surface area contributed by atoms with Crippen molar-refractivity contribution < 1.29 is 4.79 Å². The highest BCUT2D eigenvalue weighted by molar-refractivity contribution is 6.32. The monoisotopic (exact) mass is 342 g/mol. The molecule has 1 unspecified atom stereocenters. The van der Waals surface area contributed by atoms with Gasteiger partial charge < -0.3 is 9.88 Å². The highest BCUT2D eigenvalue weighted by atomic mass is 35.5. The van der Waals surface area contributed by atoms with Crippen molar-refractivity contribution in [1.82, 2.24) is 24.3 Å². The first kappa shape index (κ1) is 14.9. The summed E-state index contributed by atoms with van der Waals surface area (Å²) in [6, 6.07) is 5.23. The number of amides is 1. The Hall–Kier alpha value is -2.67. The molecule has 0 aromatic carbocycles. The average molecular weight is 343 g/mol.